The van der Waals surface area contributed by atoms with Gasteiger partial charge in [-0.25, -0.2) is 0 Å². The highest BCUT2D eigenvalue weighted by Crippen LogP contribution is 2.16. The van der Waals surface area contributed by atoms with Crippen LogP contribution in [0.1, 0.15) is 22.3 Å². The number of hydrogen-bond donors (Lipinski definition) is 2. The van der Waals surface area contributed by atoms with E-state index in [1.165, 1.54) is 0 Å². The standard InChI is InChI=1S/C19H20N4O2/c1-13-3-4-15-12-21-23(17(15)11-13)10-9-18(24)22-16-7-5-14(6-8-16)19(25)20-2/h3-8,11-12H,9-10H2,1-2H3,(H,20,25)(H,22,24). The first-order chi connectivity index (χ1) is 12.1. The zero-order valence-electron chi connectivity index (χ0n) is 14.2. The summed E-state index contributed by atoms with van der Waals surface area (Å²) in [5, 5.41) is 10.8. The summed E-state index contributed by atoms with van der Waals surface area (Å²) in [7, 11) is 1.58. The predicted molar refractivity (Wildman–Crippen MR) is 97.5 cm³/mol. The summed E-state index contributed by atoms with van der Waals surface area (Å²) in [5.74, 6) is -0.247. The molecule has 0 saturated carbocycles. The maximum atomic E-state index is 12.2. The lowest BCUT2D eigenvalue weighted by Crippen LogP contribution is -2.18. The molecule has 0 aliphatic carbocycles. The van der Waals surface area contributed by atoms with E-state index >= 15 is 0 Å². The molecule has 25 heavy (non-hydrogen) atoms. The Morgan fingerprint density at radius 1 is 1.12 bits per heavy atom. The number of amides is 2. The topological polar surface area (TPSA) is 76.0 Å². The van der Waals surface area contributed by atoms with E-state index < -0.39 is 0 Å². The second kappa shape index (κ2) is 7.17. The summed E-state index contributed by atoms with van der Waals surface area (Å²) in [6.07, 6.45) is 2.13. The van der Waals surface area contributed by atoms with Gasteiger partial charge in [0.15, 0.2) is 0 Å². The van der Waals surface area contributed by atoms with Crippen molar-refractivity contribution >= 4 is 28.4 Å². The Hall–Kier alpha value is -3.15. The highest BCUT2D eigenvalue weighted by atomic mass is 16.2. The highest BCUT2D eigenvalue weighted by Gasteiger charge is 2.08. The zero-order chi connectivity index (χ0) is 17.8. The van der Waals surface area contributed by atoms with Crippen LogP contribution in [-0.2, 0) is 11.3 Å². The molecular weight excluding hydrogens is 316 g/mol. The predicted octanol–water partition coefficient (Wildman–Crippen LogP) is 2.73. The first kappa shape index (κ1) is 16.7. The number of aryl methyl sites for hydroxylation is 2. The summed E-state index contributed by atoms with van der Waals surface area (Å²) in [4.78, 5) is 23.7. The van der Waals surface area contributed by atoms with Gasteiger partial charge < -0.3 is 10.6 Å². The number of nitrogens with one attached hydrogen (secondary N) is 2. The van der Waals surface area contributed by atoms with Crippen LogP contribution in [0.3, 0.4) is 0 Å². The molecular formula is C19H20N4O2. The van der Waals surface area contributed by atoms with Crippen molar-refractivity contribution in [2.75, 3.05) is 12.4 Å². The van der Waals surface area contributed by atoms with Gasteiger partial charge in [0.2, 0.25) is 5.91 Å². The molecule has 3 aromatic rings. The van der Waals surface area contributed by atoms with Crippen molar-refractivity contribution in [3.63, 3.8) is 0 Å². The number of anilines is 1. The second-order valence-corrected chi connectivity index (χ2v) is 5.88. The summed E-state index contributed by atoms with van der Waals surface area (Å²) in [6, 6.07) is 12.9. The molecule has 0 saturated heterocycles. The van der Waals surface area contributed by atoms with Crippen LogP contribution in [0.2, 0.25) is 0 Å². The fraction of sp³-hybridized carbons (Fsp3) is 0.211. The minimum atomic E-state index is -0.154. The van der Waals surface area contributed by atoms with Gasteiger partial charge in [-0.2, -0.15) is 5.10 Å². The first-order valence-electron chi connectivity index (χ1n) is 8.11. The van der Waals surface area contributed by atoms with Gasteiger partial charge in [-0.15, -0.1) is 0 Å². The van der Waals surface area contributed by atoms with E-state index in [9.17, 15) is 9.59 Å². The molecule has 6 heteroatoms. The van der Waals surface area contributed by atoms with E-state index in [0.717, 1.165) is 16.5 Å². The summed E-state index contributed by atoms with van der Waals surface area (Å²) in [5.41, 5.74) is 3.41. The molecule has 2 amide bonds. The lowest BCUT2D eigenvalue weighted by Gasteiger charge is -2.07. The Morgan fingerprint density at radius 3 is 2.60 bits per heavy atom. The summed E-state index contributed by atoms with van der Waals surface area (Å²) in [6.45, 7) is 2.54. The van der Waals surface area contributed by atoms with Crippen molar-refractivity contribution in [3.05, 3.63) is 59.8 Å². The molecule has 0 bridgehead atoms. The number of benzene rings is 2. The third-order valence-corrected chi connectivity index (χ3v) is 4.01. The van der Waals surface area contributed by atoms with Crippen LogP contribution < -0.4 is 10.6 Å². The van der Waals surface area contributed by atoms with Crippen LogP contribution in [0, 0.1) is 6.92 Å². The van der Waals surface area contributed by atoms with E-state index in [0.29, 0.717) is 24.2 Å². The average molecular weight is 336 g/mol. The molecule has 0 fully saturated rings. The maximum absolute atomic E-state index is 12.2. The fourth-order valence-corrected chi connectivity index (χ4v) is 2.64. The molecule has 2 N–H and O–H groups in total. The van der Waals surface area contributed by atoms with Crippen LogP contribution >= 0.6 is 0 Å². The van der Waals surface area contributed by atoms with Crippen molar-refractivity contribution in [2.45, 2.75) is 19.9 Å². The van der Waals surface area contributed by atoms with Gasteiger partial charge in [0.05, 0.1) is 18.3 Å². The van der Waals surface area contributed by atoms with Gasteiger partial charge >= 0.3 is 0 Å². The fourth-order valence-electron chi connectivity index (χ4n) is 2.64. The molecule has 1 heterocycles. The van der Waals surface area contributed by atoms with Crippen molar-refractivity contribution < 1.29 is 9.59 Å². The summed E-state index contributed by atoms with van der Waals surface area (Å²) >= 11 is 0. The van der Waals surface area contributed by atoms with Crippen molar-refractivity contribution in [2.24, 2.45) is 0 Å². The SMILES string of the molecule is CNC(=O)c1ccc(NC(=O)CCn2ncc3ccc(C)cc32)cc1. The van der Waals surface area contributed by atoms with Crippen molar-refractivity contribution in [1.82, 2.24) is 15.1 Å². The van der Waals surface area contributed by atoms with Gasteiger partial charge in [0.1, 0.15) is 0 Å². The minimum absolute atomic E-state index is 0.0935. The quantitative estimate of drug-likeness (QED) is 0.752. The van der Waals surface area contributed by atoms with Gasteiger partial charge in [0, 0.05) is 30.1 Å². The zero-order valence-corrected chi connectivity index (χ0v) is 14.2. The Kier molecular flexibility index (Phi) is 4.79. The molecule has 0 spiro atoms. The number of aromatic nitrogens is 2. The largest absolute Gasteiger partial charge is 0.355 e. The van der Waals surface area contributed by atoms with E-state index in [1.54, 1.807) is 31.3 Å². The highest BCUT2D eigenvalue weighted by molar-refractivity contribution is 5.95. The van der Waals surface area contributed by atoms with Gasteiger partial charge in [-0.05, 0) is 42.8 Å². The molecule has 128 valence electrons. The van der Waals surface area contributed by atoms with Crippen LogP contribution in [0.25, 0.3) is 10.9 Å². The lowest BCUT2D eigenvalue weighted by atomic mass is 10.2. The minimum Gasteiger partial charge on any atom is -0.355 e. The van der Waals surface area contributed by atoms with Crippen LogP contribution in [-0.4, -0.2) is 28.6 Å². The molecule has 0 atom stereocenters. The number of carbonyl (C=O) groups is 2. The number of nitrogens with zero attached hydrogens (tertiary/aromatic N) is 2. The molecule has 0 aliphatic rings. The van der Waals surface area contributed by atoms with Gasteiger partial charge in [-0.1, -0.05) is 12.1 Å². The number of hydrogen-bond acceptors (Lipinski definition) is 3. The Morgan fingerprint density at radius 2 is 1.88 bits per heavy atom. The van der Waals surface area contributed by atoms with Gasteiger partial charge in [-0.3, -0.25) is 14.3 Å². The smallest absolute Gasteiger partial charge is 0.251 e. The molecule has 2 aromatic carbocycles. The van der Waals surface area contributed by atoms with E-state index in [1.807, 2.05) is 29.9 Å². The van der Waals surface area contributed by atoms with E-state index in [2.05, 4.69) is 21.8 Å². The van der Waals surface area contributed by atoms with Crippen molar-refractivity contribution in [3.8, 4) is 0 Å². The third-order valence-electron chi connectivity index (χ3n) is 4.01. The molecule has 0 aliphatic heterocycles. The lowest BCUT2D eigenvalue weighted by molar-refractivity contribution is -0.116. The second-order valence-electron chi connectivity index (χ2n) is 5.88. The number of carbonyl (C=O) groups excluding carboxylic acids is 2. The monoisotopic (exact) mass is 336 g/mol. The van der Waals surface area contributed by atoms with E-state index in [-0.39, 0.29) is 11.8 Å². The van der Waals surface area contributed by atoms with Gasteiger partial charge in [0.25, 0.3) is 5.91 Å². The van der Waals surface area contributed by atoms with Crippen LogP contribution in [0.4, 0.5) is 5.69 Å². The van der Waals surface area contributed by atoms with Crippen LogP contribution in [0.5, 0.6) is 0 Å². The molecule has 0 unspecified atom stereocenters. The van der Waals surface area contributed by atoms with E-state index in [4.69, 9.17) is 0 Å². The first-order valence-corrected chi connectivity index (χ1v) is 8.11. The van der Waals surface area contributed by atoms with Crippen LogP contribution in [0.15, 0.2) is 48.7 Å². The summed E-state index contributed by atoms with van der Waals surface area (Å²) < 4.78 is 1.84. The molecule has 6 nitrogen and oxygen atoms in total. The van der Waals surface area contributed by atoms with Crippen molar-refractivity contribution in [1.29, 1.82) is 0 Å². The molecule has 1 aromatic heterocycles. The Labute approximate surface area is 145 Å². The normalized spacial score (nSPS) is 10.6. The Bertz CT molecular complexity index is 913. The maximum Gasteiger partial charge on any atom is 0.251 e. The average Bonchev–Trinajstić information content (AvgIpc) is 3.02. The molecule has 0 radical (unpaired) electrons. The number of fused-ring (bicyclic) bond motifs is 1. The third kappa shape index (κ3) is 3.85. The number of rotatable bonds is 5. The Balaban J connectivity index is 1.60. The molecule has 3 rings (SSSR count).